The molecule has 0 rings (SSSR count). The van der Waals surface area contributed by atoms with Crippen molar-refractivity contribution in [3.05, 3.63) is 12.2 Å². The highest BCUT2D eigenvalue weighted by atomic mass is 16.3. The minimum Gasteiger partial charge on any atom is -0.387 e. The van der Waals surface area contributed by atoms with E-state index in [2.05, 4.69) is 11.9 Å². The van der Waals surface area contributed by atoms with Gasteiger partial charge in [-0.1, -0.05) is 6.58 Å². The van der Waals surface area contributed by atoms with Crippen molar-refractivity contribution in [2.45, 2.75) is 6.92 Å². The number of carbonyl (C=O) groups excluding carboxylic acids is 3. The molecule has 0 aromatic rings. The largest absolute Gasteiger partial charge is 0.387 e. The smallest absolute Gasteiger partial charge is 0.252 e. The van der Waals surface area contributed by atoms with Gasteiger partial charge in [-0.25, -0.2) is 0 Å². The maximum Gasteiger partial charge on any atom is 0.252 e. The van der Waals surface area contributed by atoms with Crippen LogP contribution in [0.15, 0.2) is 12.2 Å². The van der Waals surface area contributed by atoms with E-state index in [1.54, 1.807) is 0 Å². The number of amides is 3. The minimum atomic E-state index is -0.806. The Kier molecular flexibility index (Phi) is 5.16. The van der Waals surface area contributed by atoms with Crippen molar-refractivity contribution in [2.75, 3.05) is 13.2 Å². The lowest BCUT2D eigenvalue weighted by Gasteiger charge is -2.04. The summed E-state index contributed by atoms with van der Waals surface area (Å²) in [5.74, 6) is -1.95. The van der Waals surface area contributed by atoms with Crippen LogP contribution in [0, 0.1) is 0 Å². The quantitative estimate of drug-likeness (QED) is 0.472. The normalized spacial score (nSPS) is 9.00. The number of aliphatic hydroxyl groups is 1. The first-order valence-electron chi connectivity index (χ1n) is 3.84. The van der Waals surface area contributed by atoms with Crippen LogP contribution >= 0.6 is 0 Å². The molecule has 0 saturated carbocycles. The molecule has 3 N–H and O–H groups in total. The Bertz CT molecular complexity index is 273. The fourth-order valence-electron chi connectivity index (χ4n) is 0.551. The lowest BCUT2D eigenvalue weighted by molar-refractivity contribution is -0.132. The molecule has 0 unspecified atom stereocenters. The lowest BCUT2D eigenvalue weighted by atomic mass is 10.3. The molecule has 0 atom stereocenters. The second kappa shape index (κ2) is 5.87. The fraction of sp³-hybridized carbons (Fsp3) is 0.375. The summed E-state index contributed by atoms with van der Waals surface area (Å²) in [6.45, 7) is 3.77. The SMILES string of the molecule is C=C(C)C(=O)NCC(=O)NC(=O)CO. The zero-order valence-electron chi connectivity index (χ0n) is 7.79. The van der Waals surface area contributed by atoms with Crippen molar-refractivity contribution in [1.29, 1.82) is 0 Å². The minimum absolute atomic E-state index is 0.270. The third kappa shape index (κ3) is 5.04. The maximum atomic E-state index is 10.9. The molecule has 78 valence electrons. The van der Waals surface area contributed by atoms with Crippen LogP contribution in [-0.2, 0) is 14.4 Å². The topological polar surface area (TPSA) is 95.5 Å². The van der Waals surface area contributed by atoms with Gasteiger partial charge in [-0.15, -0.1) is 0 Å². The van der Waals surface area contributed by atoms with Gasteiger partial charge in [0.2, 0.25) is 11.8 Å². The van der Waals surface area contributed by atoms with Gasteiger partial charge in [0.1, 0.15) is 6.61 Å². The van der Waals surface area contributed by atoms with Crippen LogP contribution in [0.5, 0.6) is 0 Å². The second-order valence-electron chi connectivity index (χ2n) is 2.59. The van der Waals surface area contributed by atoms with E-state index in [-0.39, 0.29) is 12.1 Å². The highest BCUT2D eigenvalue weighted by Gasteiger charge is 2.08. The molecule has 6 heteroatoms. The Morgan fingerprint density at radius 2 is 1.86 bits per heavy atom. The molecule has 0 spiro atoms. The van der Waals surface area contributed by atoms with Gasteiger partial charge in [-0.3, -0.25) is 19.7 Å². The lowest BCUT2D eigenvalue weighted by Crippen LogP contribution is -2.40. The first-order valence-corrected chi connectivity index (χ1v) is 3.84. The summed E-state index contributed by atoms with van der Waals surface area (Å²) in [6.07, 6.45) is 0. The molecule has 3 amide bonds. The van der Waals surface area contributed by atoms with Gasteiger partial charge in [0, 0.05) is 5.57 Å². The Morgan fingerprint density at radius 3 is 2.29 bits per heavy atom. The summed E-state index contributed by atoms with van der Waals surface area (Å²) >= 11 is 0. The van der Waals surface area contributed by atoms with Crippen molar-refractivity contribution in [3.8, 4) is 0 Å². The van der Waals surface area contributed by atoms with E-state index in [0.29, 0.717) is 0 Å². The van der Waals surface area contributed by atoms with E-state index in [9.17, 15) is 14.4 Å². The molecule has 0 radical (unpaired) electrons. The molecule has 0 aliphatic rings. The van der Waals surface area contributed by atoms with Crippen LogP contribution in [0.25, 0.3) is 0 Å². The van der Waals surface area contributed by atoms with Gasteiger partial charge >= 0.3 is 0 Å². The molecule has 0 aromatic carbocycles. The highest BCUT2D eigenvalue weighted by Crippen LogP contribution is 1.83. The molecular formula is C8H12N2O4. The van der Waals surface area contributed by atoms with Crippen molar-refractivity contribution in [3.63, 3.8) is 0 Å². The first-order chi connectivity index (χ1) is 6.47. The summed E-state index contributed by atoms with van der Waals surface area (Å²) in [7, 11) is 0. The number of hydrogen-bond donors (Lipinski definition) is 3. The predicted molar refractivity (Wildman–Crippen MR) is 48.1 cm³/mol. The highest BCUT2D eigenvalue weighted by molar-refractivity contribution is 5.99. The molecule has 0 aromatic heterocycles. The van der Waals surface area contributed by atoms with Gasteiger partial charge in [-0.05, 0) is 6.92 Å². The fourth-order valence-corrected chi connectivity index (χ4v) is 0.551. The number of rotatable bonds is 4. The summed E-state index contributed by atoms with van der Waals surface area (Å²) in [5.41, 5.74) is 0.270. The van der Waals surface area contributed by atoms with E-state index in [0.717, 1.165) is 0 Å². The molecule has 0 fully saturated rings. The number of nitrogens with one attached hydrogen (secondary N) is 2. The standard InChI is InChI=1S/C8H12N2O4/c1-5(2)8(14)9-3-6(12)10-7(13)4-11/h11H,1,3-4H2,2H3,(H,9,14)(H,10,12,13). The van der Waals surface area contributed by atoms with E-state index in [1.807, 2.05) is 5.32 Å². The van der Waals surface area contributed by atoms with Crippen molar-refractivity contribution >= 4 is 17.7 Å². The average Bonchev–Trinajstić information content (AvgIpc) is 2.13. The van der Waals surface area contributed by atoms with E-state index < -0.39 is 24.3 Å². The molecule has 0 saturated heterocycles. The zero-order valence-corrected chi connectivity index (χ0v) is 7.79. The van der Waals surface area contributed by atoms with Crippen molar-refractivity contribution < 1.29 is 19.5 Å². The molecular weight excluding hydrogens is 188 g/mol. The van der Waals surface area contributed by atoms with Crippen LogP contribution in [0.4, 0.5) is 0 Å². The Labute approximate surface area is 81.0 Å². The van der Waals surface area contributed by atoms with Gasteiger partial charge in [0.25, 0.3) is 5.91 Å². The molecule has 0 heterocycles. The molecule has 6 nitrogen and oxygen atoms in total. The van der Waals surface area contributed by atoms with Crippen LogP contribution < -0.4 is 10.6 Å². The van der Waals surface area contributed by atoms with Gasteiger partial charge in [0.15, 0.2) is 0 Å². The Morgan fingerprint density at radius 1 is 1.29 bits per heavy atom. The Balaban J connectivity index is 3.80. The van der Waals surface area contributed by atoms with Crippen molar-refractivity contribution in [2.24, 2.45) is 0 Å². The van der Waals surface area contributed by atoms with Crippen LogP contribution in [0.3, 0.4) is 0 Å². The summed E-state index contributed by atoms with van der Waals surface area (Å²) in [4.78, 5) is 32.2. The second-order valence-corrected chi connectivity index (χ2v) is 2.59. The number of imide groups is 1. The number of aliphatic hydroxyl groups excluding tert-OH is 1. The van der Waals surface area contributed by atoms with Crippen LogP contribution in [0.2, 0.25) is 0 Å². The van der Waals surface area contributed by atoms with Crippen molar-refractivity contribution in [1.82, 2.24) is 10.6 Å². The maximum absolute atomic E-state index is 10.9. The third-order valence-electron chi connectivity index (χ3n) is 1.22. The van der Waals surface area contributed by atoms with Gasteiger partial charge < -0.3 is 10.4 Å². The molecule has 0 aliphatic carbocycles. The van der Waals surface area contributed by atoms with Gasteiger partial charge in [-0.2, -0.15) is 0 Å². The van der Waals surface area contributed by atoms with E-state index in [4.69, 9.17) is 5.11 Å². The molecule has 0 bridgehead atoms. The third-order valence-corrected chi connectivity index (χ3v) is 1.22. The summed E-state index contributed by atoms with van der Waals surface area (Å²) < 4.78 is 0. The molecule has 0 aliphatic heterocycles. The average molecular weight is 200 g/mol. The predicted octanol–water partition coefficient (Wildman–Crippen LogP) is -1.69. The summed E-state index contributed by atoms with van der Waals surface area (Å²) in [5, 5.41) is 12.4. The summed E-state index contributed by atoms with van der Waals surface area (Å²) in [6, 6.07) is 0. The molecule has 14 heavy (non-hydrogen) atoms. The number of carbonyl (C=O) groups is 3. The van der Waals surface area contributed by atoms with Crippen LogP contribution in [0.1, 0.15) is 6.92 Å². The first kappa shape index (κ1) is 12.3. The number of hydrogen-bond acceptors (Lipinski definition) is 4. The van der Waals surface area contributed by atoms with E-state index >= 15 is 0 Å². The zero-order chi connectivity index (χ0) is 11.1. The van der Waals surface area contributed by atoms with Gasteiger partial charge in [0.05, 0.1) is 6.54 Å². The van der Waals surface area contributed by atoms with Crippen LogP contribution in [-0.4, -0.2) is 36.0 Å². The monoisotopic (exact) mass is 200 g/mol. The Hall–Kier alpha value is -1.69. The van der Waals surface area contributed by atoms with E-state index in [1.165, 1.54) is 6.92 Å².